The summed E-state index contributed by atoms with van der Waals surface area (Å²) >= 11 is 0. The van der Waals surface area contributed by atoms with Crippen LogP contribution in [0.25, 0.3) is 5.76 Å². The lowest BCUT2D eigenvalue weighted by Crippen LogP contribution is -2.35. The number of likely N-dealkylation sites (N-methyl/N-ethyl adjacent to an activating group) is 1. The van der Waals surface area contributed by atoms with Crippen molar-refractivity contribution in [2.75, 3.05) is 33.8 Å². The average molecular weight is 407 g/mol. The van der Waals surface area contributed by atoms with Crippen molar-refractivity contribution in [3.63, 3.8) is 0 Å². The summed E-state index contributed by atoms with van der Waals surface area (Å²) in [4.78, 5) is 33.4. The SMILES string of the molecule is C=CCOc1ccc(C(O)=C2C(=O)C(=O)N(CCN(C)C)[C@@H]2c2ccccn2)cc1. The number of aliphatic hydroxyl groups is 1. The highest BCUT2D eigenvalue weighted by Gasteiger charge is 2.46. The number of likely N-dealkylation sites (tertiary alicyclic amines) is 1. The summed E-state index contributed by atoms with van der Waals surface area (Å²) in [5.41, 5.74) is 0.993. The van der Waals surface area contributed by atoms with Gasteiger partial charge in [-0.3, -0.25) is 14.6 Å². The first-order valence-corrected chi connectivity index (χ1v) is 9.62. The van der Waals surface area contributed by atoms with E-state index in [2.05, 4.69) is 11.6 Å². The van der Waals surface area contributed by atoms with Crippen molar-refractivity contribution in [2.24, 2.45) is 0 Å². The predicted octanol–water partition coefficient (Wildman–Crippen LogP) is 2.63. The monoisotopic (exact) mass is 407 g/mol. The van der Waals surface area contributed by atoms with E-state index in [0.717, 1.165) is 0 Å². The molecule has 1 N–H and O–H groups in total. The van der Waals surface area contributed by atoms with Gasteiger partial charge in [-0.25, -0.2) is 0 Å². The summed E-state index contributed by atoms with van der Waals surface area (Å²) in [5, 5.41) is 11.0. The van der Waals surface area contributed by atoms with Crippen molar-refractivity contribution in [1.82, 2.24) is 14.8 Å². The van der Waals surface area contributed by atoms with Gasteiger partial charge in [0.2, 0.25) is 0 Å². The summed E-state index contributed by atoms with van der Waals surface area (Å²) < 4.78 is 5.46. The van der Waals surface area contributed by atoms with E-state index in [1.54, 1.807) is 54.7 Å². The Hall–Kier alpha value is -3.45. The minimum Gasteiger partial charge on any atom is -0.507 e. The zero-order chi connectivity index (χ0) is 21.7. The van der Waals surface area contributed by atoms with Gasteiger partial charge in [0.25, 0.3) is 11.7 Å². The Morgan fingerprint density at radius 3 is 2.57 bits per heavy atom. The van der Waals surface area contributed by atoms with Crippen LogP contribution in [-0.2, 0) is 9.59 Å². The lowest BCUT2D eigenvalue weighted by molar-refractivity contribution is -0.140. The number of rotatable bonds is 8. The zero-order valence-corrected chi connectivity index (χ0v) is 17.1. The normalized spacial score (nSPS) is 18.1. The van der Waals surface area contributed by atoms with Gasteiger partial charge in [-0.1, -0.05) is 18.7 Å². The molecule has 0 saturated carbocycles. The fourth-order valence-corrected chi connectivity index (χ4v) is 3.28. The van der Waals surface area contributed by atoms with E-state index < -0.39 is 17.7 Å². The van der Waals surface area contributed by atoms with Gasteiger partial charge in [-0.05, 0) is 50.5 Å². The van der Waals surface area contributed by atoms with Crippen LogP contribution in [0.3, 0.4) is 0 Å². The van der Waals surface area contributed by atoms with Gasteiger partial charge < -0.3 is 19.6 Å². The number of pyridine rings is 1. The quantitative estimate of drug-likeness (QED) is 0.314. The van der Waals surface area contributed by atoms with Crippen molar-refractivity contribution in [3.05, 3.63) is 78.1 Å². The maximum absolute atomic E-state index is 12.9. The van der Waals surface area contributed by atoms with Gasteiger partial charge in [-0.15, -0.1) is 0 Å². The fraction of sp³-hybridized carbons (Fsp3) is 0.261. The molecule has 1 atom stereocenters. The maximum atomic E-state index is 12.9. The lowest BCUT2D eigenvalue weighted by Gasteiger charge is -2.25. The second-order valence-corrected chi connectivity index (χ2v) is 7.17. The summed E-state index contributed by atoms with van der Waals surface area (Å²) in [5.74, 6) is -0.973. The molecule has 2 aromatic rings. The van der Waals surface area contributed by atoms with E-state index in [-0.39, 0.29) is 11.3 Å². The van der Waals surface area contributed by atoms with E-state index in [4.69, 9.17) is 4.74 Å². The van der Waals surface area contributed by atoms with E-state index in [1.165, 1.54) is 4.90 Å². The molecule has 30 heavy (non-hydrogen) atoms. The molecular weight excluding hydrogens is 382 g/mol. The number of benzene rings is 1. The molecule has 0 spiro atoms. The number of ketones is 1. The molecule has 0 radical (unpaired) electrons. The Balaban J connectivity index is 2.03. The third-order valence-corrected chi connectivity index (χ3v) is 4.79. The summed E-state index contributed by atoms with van der Waals surface area (Å²) in [6.45, 7) is 4.88. The van der Waals surface area contributed by atoms with Crippen LogP contribution in [-0.4, -0.2) is 65.4 Å². The van der Waals surface area contributed by atoms with Crippen LogP contribution in [0.4, 0.5) is 0 Å². The number of amides is 1. The number of carbonyl (C=O) groups is 2. The largest absolute Gasteiger partial charge is 0.507 e. The summed E-state index contributed by atoms with van der Waals surface area (Å²) in [7, 11) is 3.78. The smallest absolute Gasteiger partial charge is 0.295 e. The molecule has 1 aromatic carbocycles. The van der Waals surface area contributed by atoms with Crippen LogP contribution < -0.4 is 4.74 Å². The van der Waals surface area contributed by atoms with Crippen molar-refractivity contribution in [3.8, 4) is 5.75 Å². The highest BCUT2D eigenvalue weighted by Crippen LogP contribution is 2.38. The van der Waals surface area contributed by atoms with Crippen molar-refractivity contribution in [2.45, 2.75) is 6.04 Å². The van der Waals surface area contributed by atoms with Crippen LogP contribution >= 0.6 is 0 Å². The zero-order valence-electron chi connectivity index (χ0n) is 17.1. The Morgan fingerprint density at radius 2 is 1.97 bits per heavy atom. The molecule has 0 bridgehead atoms. The molecule has 7 heteroatoms. The molecule has 2 heterocycles. The molecule has 1 saturated heterocycles. The second-order valence-electron chi connectivity index (χ2n) is 7.17. The molecular formula is C23H25N3O4. The third kappa shape index (κ3) is 4.41. The van der Waals surface area contributed by atoms with Crippen LogP contribution in [0.5, 0.6) is 5.75 Å². The van der Waals surface area contributed by atoms with E-state index in [0.29, 0.717) is 36.7 Å². The predicted molar refractivity (Wildman–Crippen MR) is 114 cm³/mol. The number of hydrogen-bond acceptors (Lipinski definition) is 6. The Bertz CT molecular complexity index is 952. The van der Waals surface area contributed by atoms with E-state index in [9.17, 15) is 14.7 Å². The molecule has 1 aromatic heterocycles. The molecule has 0 unspecified atom stereocenters. The van der Waals surface area contributed by atoms with Crippen LogP contribution in [0, 0.1) is 0 Å². The highest BCUT2D eigenvalue weighted by atomic mass is 16.5. The van der Waals surface area contributed by atoms with Gasteiger partial charge in [0.1, 0.15) is 24.2 Å². The van der Waals surface area contributed by atoms with Crippen molar-refractivity contribution < 1.29 is 19.4 Å². The lowest BCUT2D eigenvalue weighted by atomic mass is 9.98. The van der Waals surface area contributed by atoms with Crippen molar-refractivity contribution in [1.29, 1.82) is 0 Å². The highest BCUT2D eigenvalue weighted by molar-refractivity contribution is 6.46. The topological polar surface area (TPSA) is 83.0 Å². The standard InChI is InChI=1S/C23H25N3O4/c1-4-15-30-17-10-8-16(9-11-17)21(27)19-20(18-7-5-6-12-24-18)26(14-13-25(2)3)23(29)22(19)28/h4-12,20,27H,1,13-15H2,2-3H3/t20-/m1/s1. The number of ether oxygens (including phenoxy) is 1. The van der Waals surface area contributed by atoms with Gasteiger partial charge in [0.15, 0.2) is 0 Å². The number of carbonyl (C=O) groups excluding carboxylic acids is 2. The first-order chi connectivity index (χ1) is 14.4. The molecule has 1 aliphatic heterocycles. The second kappa shape index (κ2) is 9.37. The Labute approximate surface area is 175 Å². The molecule has 7 nitrogen and oxygen atoms in total. The molecule has 1 fully saturated rings. The Kier molecular flexibility index (Phi) is 6.64. The molecule has 1 aliphatic rings. The van der Waals surface area contributed by atoms with E-state index in [1.807, 2.05) is 19.0 Å². The first kappa shape index (κ1) is 21.3. The van der Waals surface area contributed by atoms with Gasteiger partial charge in [0, 0.05) is 24.8 Å². The summed E-state index contributed by atoms with van der Waals surface area (Å²) in [6.07, 6.45) is 3.24. The minimum atomic E-state index is -0.747. The Morgan fingerprint density at radius 1 is 1.23 bits per heavy atom. The fourth-order valence-electron chi connectivity index (χ4n) is 3.28. The molecule has 156 valence electrons. The van der Waals surface area contributed by atoms with Gasteiger partial charge in [-0.2, -0.15) is 0 Å². The first-order valence-electron chi connectivity index (χ1n) is 9.62. The van der Waals surface area contributed by atoms with Crippen LogP contribution in [0.1, 0.15) is 17.3 Å². The number of aromatic nitrogens is 1. The number of Topliss-reactive ketones (excluding diaryl/α,β-unsaturated/α-hetero) is 1. The van der Waals surface area contributed by atoms with Crippen LogP contribution in [0.15, 0.2) is 66.9 Å². The number of aliphatic hydroxyl groups excluding tert-OH is 1. The number of nitrogens with zero attached hydrogens (tertiary/aromatic N) is 3. The van der Waals surface area contributed by atoms with E-state index >= 15 is 0 Å². The minimum absolute atomic E-state index is 0.0391. The molecule has 3 rings (SSSR count). The maximum Gasteiger partial charge on any atom is 0.295 e. The average Bonchev–Trinajstić information content (AvgIpc) is 3.01. The third-order valence-electron chi connectivity index (χ3n) is 4.79. The number of hydrogen-bond donors (Lipinski definition) is 1. The van der Waals surface area contributed by atoms with Gasteiger partial charge in [0.05, 0.1) is 11.3 Å². The van der Waals surface area contributed by atoms with Gasteiger partial charge >= 0.3 is 0 Å². The van der Waals surface area contributed by atoms with Crippen molar-refractivity contribution >= 4 is 17.4 Å². The van der Waals surface area contributed by atoms with Crippen LogP contribution in [0.2, 0.25) is 0 Å². The molecule has 1 amide bonds. The molecule has 0 aliphatic carbocycles. The summed E-state index contributed by atoms with van der Waals surface area (Å²) in [6, 6.07) is 11.2.